The third-order valence-corrected chi connectivity index (χ3v) is 3.55. The fourth-order valence-corrected chi connectivity index (χ4v) is 1.92. The molecule has 0 aliphatic carbocycles. The highest BCUT2D eigenvalue weighted by Crippen LogP contribution is 2.23. The normalized spacial score (nSPS) is 12.8. The third-order valence-electron chi connectivity index (χ3n) is 2.34. The highest BCUT2D eigenvalue weighted by molar-refractivity contribution is 9.10. The molecule has 0 aliphatic heterocycles. The topological polar surface area (TPSA) is 24.1 Å². The molecule has 0 bridgehead atoms. The van der Waals surface area contributed by atoms with Crippen molar-refractivity contribution in [3.05, 3.63) is 33.3 Å². The van der Waals surface area contributed by atoms with E-state index in [1.54, 1.807) is 0 Å². The van der Waals surface area contributed by atoms with Crippen LogP contribution >= 0.6 is 27.5 Å². The molecule has 2 N–H and O–H groups in total. The standard InChI is InChI=1S/C12H18BrClN2/c1-3-15-7-9(2)16-8-10-4-5-12(14)11(13)6-10/h4-6,9,15-16H,3,7-8H2,1-2H3. The Labute approximate surface area is 111 Å². The molecule has 16 heavy (non-hydrogen) atoms. The van der Waals surface area contributed by atoms with Crippen LogP contribution in [0.15, 0.2) is 22.7 Å². The second-order valence-corrected chi connectivity index (χ2v) is 5.10. The van der Waals surface area contributed by atoms with Gasteiger partial charge in [-0.05, 0) is 47.1 Å². The lowest BCUT2D eigenvalue weighted by molar-refractivity contribution is 0.509. The molecule has 0 heterocycles. The van der Waals surface area contributed by atoms with Gasteiger partial charge in [0.15, 0.2) is 0 Å². The van der Waals surface area contributed by atoms with E-state index in [1.807, 2.05) is 12.1 Å². The zero-order valence-corrected chi connectivity index (χ0v) is 12.0. The number of hydrogen-bond donors (Lipinski definition) is 2. The molecule has 0 saturated carbocycles. The molecule has 0 radical (unpaired) electrons. The Bertz CT molecular complexity index is 331. The van der Waals surface area contributed by atoms with Crippen LogP contribution in [0.25, 0.3) is 0 Å². The molecule has 90 valence electrons. The predicted octanol–water partition coefficient (Wildman–Crippen LogP) is 3.19. The summed E-state index contributed by atoms with van der Waals surface area (Å²) in [5.41, 5.74) is 1.24. The lowest BCUT2D eigenvalue weighted by Crippen LogP contribution is -2.35. The van der Waals surface area contributed by atoms with Crippen molar-refractivity contribution in [1.29, 1.82) is 0 Å². The summed E-state index contributed by atoms with van der Waals surface area (Å²) in [5.74, 6) is 0. The lowest BCUT2D eigenvalue weighted by atomic mass is 10.2. The summed E-state index contributed by atoms with van der Waals surface area (Å²) in [5, 5.41) is 7.52. The predicted molar refractivity (Wildman–Crippen MR) is 74.0 cm³/mol. The van der Waals surface area contributed by atoms with Crippen molar-refractivity contribution in [3.63, 3.8) is 0 Å². The molecule has 1 aromatic carbocycles. The zero-order chi connectivity index (χ0) is 12.0. The van der Waals surface area contributed by atoms with Crippen molar-refractivity contribution in [1.82, 2.24) is 10.6 Å². The molecule has 0 fully saturated rings. The van der Waals surface area contributed by atoms with Crippen molar-refractivity contribution < 1.29 is 0 Å². The van der Waals surface area contributed by atoms with Gasteiger partial charge >= 0.3 is 0 Å². The van der Waals surface area contributed by atoms with Gasteiger partial charge in [-0.25, -0.2) is 0 Å². The Balaban J connectivity index is 2.39. The zero-order valence-electron chi connectivity index (χ0n) is 9.69. The van der Waals surface area contributed by atoms with Crippen LogP contribution in [-0.2, 0) is 6.54 Å². The number of benzene rings is 1. The van der Waals surface area contributed by atoms with Gasteiger partial charge in [0.1, 0.15) is 0 Å². The van der Waals surface area contributed by atoms with Crippen molar-refractivity contribution in [2.24, 2.45) is 0 Å². The molecule has 1 unspecified atom stereocenters. The first-order valence-corrected chi connectivity index (χ1v) is 6.68. The van der Waals surface area contributed by atoms with Crippen molar-refractivity contribution in [2.45, 2.75) is 26.4 Å². The number of halogens is 2. The van der Waals surface area contributed by atoms with Crippen LogP contribution < -0.4 is 10.6 Å². The van der Waals surface area contributed by atoms with Gasteiger partial charge in [-0.1, -0.05) is 24.6 Å². The van der Waals surface area contributed by atoms with Crippen LogP contribution in [0.4, 0.5) is 0 Å². The first-order valence-electron chi connectivity index (χ1n) is 5.51. The summed E-state index contributed by atoms with van der Waals surface area (Å²) >= 11 is 9.36. The Hall–Kier alpha value is -0.0900. The summed E-state index contributed by atoms with van der Waals surface area (Å²) in [6.07, 6.45) is 0. The largest absolute Gasteiger partial charge is 0.315 e. The molecular formula is C12H18BrClN2. The molecule has 1 aromatic rings. The quantitative estimate of drug-likeness (QED) is 0.843. The van der Waals surface area contributed by atoms with Gasteiger partial charge in [0, 0.05) is 23.6 Å². The van der Waals surface area contributed by atoms with Crippen LogP contribution in [0.1, 0.15) is 19.4 Å². The summed E-state index contributed by atoms with van der Waals surface area (Å²) in [6.45, 7) is 7.16. The minimum Gasteiger partial charge on any atom is -0.315 e. The number of likely N-dealkylation sites (N-methyl/N-ethyl adjacent to an activating group) is 1. The molecule has 4 heteroatoms. The van der Waals surface area contributed by atoms with E-state index in [-0.39, 0.29) is 0 Å². The van der Waals surface area contributed by atoms with Crippen LogP contribution in [0.2, 0.25) is 5.02 Å². The third kappa shape index (κ3) is 4.83. The van der Waals surface area contributed by atoms with Gasteiger partial charge in [-0.15, -0.1) is 0 Å². The van der Waals surface area contributed by atoms with Crippen LogP contribution in [0.5, 0.6) is 0 Å². The molecule has 0 aromatic heterocycles. The molecule has 0 aliphatic rings. The SMILES string of the molecule is CCNCC(C)NCc1ccc(Cl)c(Br)c1. The van der Waals surface area contributed by atoms with Crippen LogP contribution in [0.3, 0.4) is 0 Å². The summed E-state index contributed by atoms with van der Waals surface area (Å²) in [4.78, 5) is 0. The van der Waals surface area contributed by atoms with E-state index in [0.717, 1.165) is 29.1 Å². The molecule has 0 spiro atoms. The summed E-state index contributed by atoms with van der Waals surface area (Å²) in [7, 11) is 0. The highest BCUT2D eigenvalue weighted by atomic mass is 79.9. The Morgan fingerprint density at radius 3 is 2.81 bits per heavy atom. The first-order chi connectivity index (χ1) is 7.63. The number of nitrogens with one attached hydrogen (secondary N) is 2. The Morgan fingerprint density at radius 2 is 2.19 bits per heavy atom. The minimum absolute atomic E-state index is 0.467. The van der Waals surface area contributed by atoms with Crippen LogP contribution in [-0.4, -0.2) is 19.1 Å². The van der Waals surface area contributed by atoms with Crippen molar-refractivity contribution in [2.75, 3.05) is 13.1 Å². The van der Waals surface area contributed by atoms with E-state index in [1.165, 1.54) is 5.56 Å². The van der Waals surface area contributed by atoms with Gasteiger partial charge in [0.2, 0.25) is 0 Å². The molecule has 2 nitrogen and oxygen atoms in total. The van der Waals surface area contributed by atoms with Gasteiger partial charge in [0.25, 0.3) is 0 Å². The smallest absolute Gasteiger partial charge is 0.0548 e. The average Bonchev–Trinajstić information content (AvgIpc) is 2.28. The van der Waals surface area contributed by atoms with E-state index in [9.17, 15) is 0 Å². The Morgan fingerprint density at radius 1 is 1.44 bits per heavy atom. The van der Waals surface area contributed by atoms with Crippen molar-refractivity contribution >= 4 is 27.5 Å². The second-order valence-electron chi connectivity index (χ2n) is 3.84. The molecular weight excluding hydrogens is 288 g/mol. The van der Waals surface area contributed by atoms with E-state index in [0.29, 0.717) is 6.04 Å². The monoisotopic (exact) mass is 304 g/mol. The van der Waals surface area contributed by atoms with E-state index in [4.69, 9.17) is 11.6 Å². The maximum absolute atomic E-state index is 5.93. The van der Waals surface area contributed by atoms with Gasteiger partial charge in [0.05, 0.1) is 5.02 Å². The maximum atomic E-state index is 5.93. The summed E-state index contributed by atoms with van der Waals surface area (Å²) in [6, 6.07) is 6.47. The maximum Gasteiger partial charge on any atom is 0.0548 e. The van der Waals surface area contributed by atoms with Crippen molar-refractivity contribution in [3.8, 4) is 0 Å². The first kappa shape index (κ1) is 14.0. The van der Waals surface area contributed by atoms with E-state index < -0.39 is 0 Å². The fraction of sp³-hybridized carbons (Fsp3) is 0.500. The Kier molecular flexibility index (Phi) is 6.36. The van der Waals surface area contributed by atoms with Gasteiger partial charge in [-0.2, -0.15) is 0 Å². The molecule has 0 saturated heterocycles. The minimum atomic E-state index is 0.467. The molecule has 0 amide bonds. The number of hydrogen-bond acceptors (Lipinski definition) is 2. The van der Waals surface area contributed by atoms with Gasteiger partial charge in [-0.3, -0.25) is 0 Å². The average molecular weight is 306 g/mol. The fourth-order valence-electron chi connectivity index (χ4n) is 1.37. The number of rotatable bonds is 6. The highest BCUT2D eigenvalue weighted by Gasteiger charge is 2.02. The van der Waals surface area contributed by atoms with Crippen LogP contribution in [0, 0.1) is 0 Å². The molecule has 1 rings (SSSR count). The van der Waals surface area contributed by atoms with Gasteiger partial charge < -0.3 is 10.6 Å². The van der Waals surface area contributed by atoms with E-state index in [2.05, 4.69) is 46.5 Å². The lowest BCUT2D eigenvalue weighted by Gasteiger charge is -2.14. The second kappa shape index (κ2) is 7.28. The summed E-state index contributed by atoms with van der Waals surface area (Å²) < 4.78 is 0.952. The molecule has 1 atom stereocenters. The van der Waals surface area contributed by atoms with E-state index >= 15 is 0 Å².